The minimum Gasteiger partial charge on any atom is -0.489 e. The van der Waals surface area contributed by atoms with Crippen molar-refractivity contribution < 1.29 is 9.53 Å². The third-order valence-corrected chi connectivity index (χ3v) is 8.95. The molecule has 8 heteroatoms. The number of ether oxygens (including phenoxy) is 1. The van der Waals surface area contributed by atoms with Gasteiger partial charge in [-0.1, -0.05) is 91.0 Å². The average Bonchev–Trinajstić information content (AvgIpc) is 3.69. The number of rotatable bonds is 8. The number of piperazine rings is 1. The summed E-state index contributed by atoms with van der Waals surface area (Å²) < 4.78 is 7.98. The first-order valence-electron chi connectivity index (χ1n) is 15.1. The highest BCUT2D eigenvalue weighted by Crippen LogP contribution is 2.34. The molecule has 1 aromatic heterocycles. The highest BCUT2D eigenvalue weighted by Gasteiger charge is 2.29. The molecule has 0 unspecified atom stereocenters. The number of thioether (sulfide) groups is 1. The fourth-order valence-corrected chi connectivity index (χ4v) is 6.47. The summed E-state index contributed by atoms with van der Waals surface area (Å²) in [7, 11) is 0. The number of aromatic nitrogens is 2. The van der Waals surface area contributed by atoms with Crippen LogP contribution in [0.4, 0.5) is 0 Å². The second kappa shape index (κ2) is 13.4. The lowest BCUT2D eigenvalue weighted by Gasteiger charge is -2.35. The number of hydrogen-bond donors (Lipinski definition) is 0. The molecular weight excluding hydrogens is 579 g/mol. The topological polar surface area (TPSA) is 63.0 Å². The van der Waals surface area contributed by atoms with E-state index in [-0.39, 0.29) is 5.91 Å². The first kappa shape index (κ1) is 28.8. The Kier molecular flexibility index (Phi) is 8.57. The Balaban J connectivity index is 1.10. The summed E-state index contributed by atoms with van der Waals surface area (Å²) in [5.74, 6) is 0.549. The fraction of sp³-hybridized carbons (Fsp3) is 0.162. The molecule has 7 rings (SSSR count). The number of hydrogen-bond acceptors (Lipinski definition) is 6. The maximum absolute atomic E-state index is 13.2. The predicted molar refractivity (Wildman–Crippen MR) is 181 cm³/mol. The molecule has 0 spiro atoms. The molecule has 4 aromatic carbocycles. The van der Waals surface area contributed by atoms with Gasteiger partial charge < -0.3 is 9.64 Å². The predicted octanol–water partition coefficient (Wildman–Crippen LogP) is 6.91. The fourth-order valence-electron chi connectivity index (χ4n) is 5.52. The van der Waals surface area contributed by atoms with Gasteiger partial charge in [0.1, 0.15) is 18.1 Å². The van der Waals surface area contributed by atoms with Crippen molar-refractivity contribution in [3.63, 3.8) is 0 Å². The molecule has 1 amide bonds. The minimum absolute atomic E-state index is 0.208. The van der Waals surface area contributed by atoms with Gasteiger partial charge in [0.25, 0.3) is 5.91 Å². The molecule has 0 bridgehead atoms. The summed E-state index contributed by atoms with van der Waals surface area (Å²) in [6, 6.07) is 38.6. The number of aliphatic imine (C=N–C) groups is 1. The zero-order valence-corrected chi connectivity index (χ0v) is 25.6. The van der Waals surface area contributed by atoms with Gasteiger partial charge in [0.05, 0.1) is 10.6 Å². The van der Waals surface area contributed by atoms with Crippen LogP contribution in [0.5, 0.6) is 5.75 Å². The molecule has 0 saturated carbocycles. The van der Waals surface area contributed by atoms with E-state index in [2.05, 4.69) is 39.1 Å². The molecule has 0 radical (unpaired) electrons. The van der Waals surface area contributed by atoms with E-state index >= 15 is 0 Å². The van der Waals surface area contributed by atoms with Gasteiger partial charge in [-0.3, -0.25) is 9.69 Å². The van der Waals surface area contributed by atoms with Crippen LogP contribution >= 0.6 is 11.8 Å². The van der Waals surface area contributed by atoms with Crippen molar-refractivity contribution in [2.24, 2.45) is 4.99 Å². The molecule has 0 atom stereocenters. The van der Waals surface area contributed by atoms with E-state index < -0.39 is 0 Å². The van der Waals surface area contributed by atoms with Gasteiger partial charge >= 0.3 is 0 Å². The Bertz CT molecular complexity index is 1830. The first-order valence-corrected chi connectivity index (χ1v) is 16.0. The lowest BCUT2D eigenvalue weighted by atomic mass is 10.1. The summed E-state index contributed by atoms with van der Waals surface area (Å²) in [4.78, 5) is 22.9. The summed E-state index contributed by atoms with van der Waals surface area (Å²) in [6.45, 7) is 4.95. The Labute approximate surface area is 267 Å². The Morgan fingerprint density at radius 2 is 1.47 bits per heavy atom. The summed E-state index contributed by atoms with van der Waals surface area (Å²) >= 11 is 1.45. The molecule has 3 heterocycles. The maximum atomic E-state index is 13.2. The van der Waals surface area contributed by atoms with Crippen molar-refractivity contribution in [2.75, 3.05) is 26.2 Å². The molecule has 5 aromatic rings. The van der Waals surface area contributed by atoms with Crippen molar-refractivity contribution in [3.05, 3.63) is 143 Å². The van der Waals surface area contributed by atoms with Crippen LogP contribution in [0.25, 0.3) is 23.0 Å². The van der Waals surface area contributed by atoms with Crippen molar-refractivity contribution in [3.8, 4) is 22.7 Å². The Morgan fingerprint density at radius 3 is 2.20 bits per heavy atom. The third kappa shape index (κ3) is 6.93. The number of para-hydroxylation sites is 1. The Hall–Kier alpha value is -4.92. The molecule has 1 fully saturated rings. The lowest BCUT2D eigenvalue weighted by Crippen LogP contribution is -2.47. The van der Waals surface area contributed by atoms with Gasteiger partial charge in [-0.05, 0) is 53.2 Å². The van der Waals surface area contributed by atoms with Crippen LogP contribution in [-0.4, -0.2) is 56.8 Å². The van der Waals surface area contributed by atoms with Crippen LogP contribution in [0.15, 0.2) is 131 Å². The molecule has 7 nitrogen and oxygen atoms in total. The van der Waals surface area contributed by atoms with Crippen molar-refractivity contribution in [1.82, 2.24) is 19.6 Å². The lowest BCUT2D eigenvalue weighted by molar-refractivity contribution is -0.113. The number of carbonyl (C=O) groups is 1. The summed E-state index contributed by atoms with van der Waals surface area (Å²) in [5.41, 5.74) is 5.89. The number of amides is 1. The number of benzene rings is 4. The second-order valence-corrected chi connectivity index (χ2v) is 12.1. The third-order valence-electron chi connectivity index (χ3n) is 7.91. The van der Waals surface area contributed by atoms with Crippen LogP contribution in [0, 0.1) is 0 Å². The van der Waals surface area contributed by atoms with Crippen LogP contribution in [-0.2, 0) is 17.9 Å². The monoisotopic (exact) mass is 611 g/mol. The van der Waals surface area contributed by atoms with E-state index in [9.17, 15) is 4.79 Å². The average molecular weight is 612 g/mol. The van der Waals surface area contributed by atoms with E-state index in [1.54, 1.807) is 0 Å². The molecular formula is C37H33N5O2S. The highest BCUT2D eigenvalue weighted by molar-refractivity contribution is 8.18. The van der Waals surface area contributed by atoms with Crippen molar-refractivity contribution in [1.29, 1.82) is 0 Å². The van der Waals surface area contributed by atoms with Gasteiger partial charge in [-0.2, -0.15) is 10.1 Å². The molecule has 2 aliphatic rings. The molecule has 0 N–H and O–H groups in total. The van der Waals surface area contributed by atoms with Gasteiger partial charge in [-0.25, -0.2) is 4.68 Å². The van der Waals surface area contributed by atoms with E-state index in [0.29, 0.717) is 11.5 Å². The minimum atomic E-state index is -0.208. The number of carbonyl (C=O) groups excluding carboxylic acids is 1. The smallest absolute Gasteiger partial charge is 0.286 e. The highest BCUT2D eigenvalue weighted by atomic mass is 32.2. The van der Waals surface area contributed by atoms with E-state index in [0.717, 1.165) is 71.7 Å². The zero-order valence-electron chi connectivity index (χ0n) is 24.8. The number of amidine groups is 1. The zero-order chi connectivity index (χ0) is 30.4. The second-order valence-electron chi connectivity index (χ2n) is 11.1. The number of nitrogens with zero attached hydrogens (tertiary/aromatic N) is 5. The molecule has 224 valence electrons. The van der Waals surface area contributed by atoms with E-state index in [4.69, 9.17) is 9.84 Å². The van der Waals surface area contributed by atoms with E-state index in [1.165, 1.54) is 17.3 Å². The van der Waals surface area contributed by atoms with Crippen LogP contribution < -0.4 is 4.74 Å². The van der Waals surface area contributed by atoms with Crippen LogP contribution in [0.2, 0.25) is 0 Å². The summed E-state index contributed by atoms with van der Waals surface area (Å²) in [5, 5.41) is 5.75. The van der Waals surface area contributed by atoms with Gasteiger partial charge in [0, 0.05) is 50.0 Å². The van der Waals surface area contributed by atoms with Gasteiger partial charge in [0.15, 0.2) is 5.17 Å². The SMILES string of the molecule is O=C1N=C(N2CCN(Cc3ccccc3)CC2)SC1=Cc1cn(-c2ccccc2)nc1-c1cccc(OCc2ccccc2)c1. The Morgan fingerprint density at radius 1 is 0.778 bits per heavy atom. The van der Waals surface area contributed by atoms with Gasteiger partial charge in [0.2, 0.25) is 0 Å². The summed E-state index contributed by atoms with van der Waals surface area (Å²) in [6.07, 6.45) is 3.90. The first-order chi connectivity index (χ1) is 22.2. The normalized spacial score (nSPS) is 16.3. The van der Waals surface area contributed by atoms with Crippen molar-refractivity contribution >= 4 is 28.9 Å². The van der Waals surface area contributed by atoms with E-state index in [1.807, 2.05) is 108 Å². The molecule has 1 saturated heterocycles. The molecule has 45 heavy (non-hydrogen) atoms. The molecule has 2 aliphatic heterocycles. The quantitative estimate of drug-likeness (QED) is 0.178. The largest absolute Gasteiger partial charge is 0.489 e. The maximum Gasteiger partial charge on any atom is 0.286 e. The van der Waals surface area contributed by atoms with Gasteiger partial charge in [-0.15, -0.1) is 0 Å². The van der Waals surface area contributed by atoms with Crippen LogP contribution in [0.1, 0.15) is 16.7 Å². The van der Waals surface area contributed by atoms with Crippen molar-refractivity contribution in [2.45, 2.75) is 13.2 Å². The van der Waals surface area contributed by atoms with Crippen LogP contribution in [0.3, 0.4) is 0 Å². The standard InChI is InChI=1S/C37H33N5O2S/c43-36-34(45-37(38-36)41-21-19-40(20-22-41)25-28-11-4-1-5-12-28)24-31-26-42(32-16-8-3-9-17-32)39-35(31)30-15-10-18-33(23-30)44-27-29-13-6-2-7-14-29/h1-18,23-24,26H,19-22,25,27H2. The molecule has 0 aliphatic carbocycles.